The predicted molar refractivity (Wildman–Crippen MR) is 57.0 cm³/mol. The molecule has 0 fully saturated rings. The zero-order valence-corrected chi connectivity index (χ0v) is 9.52. The van der Waals surface area contributed by atoms with Crippen molar-refractivity contribution in [2.45, 2.75) is 26.3 Å². The van der Waals surface area contributed by atoms with Crippen LogP contribution in [0.1, 0.15) is 31.1 Å². The van der Waals surface area contributed by atoms with Gasteiger partial charge in [-0.05, 0) is 20.8 Å². The van der Waals surface area contributed by atoms with E-state index in [0.29, 0.717) is 5.56 Å². The molecule has 0 aliphatic rings. The number of carboxylic acid groups (broad SMARTS) is 1. The zero-order valence-electron chi connectivity index (χ0n) is 9.52. The van der Waals surface area contributed by atoms with Crippen LogP contribution in [0.2, 0.25) is 0 Å². The lowest BCUT2D eigenvalue weighted by Crippen LogP contribution is -2.48. The predicted octanol–water partition coefficient (Wildman–Crippen LogP) is 0.735. The molecule has 1 amide bonds. The zero-order chi connectivity index (χ0) is 12.3. The quantitative estimate of drug-likeness (QED) is 0.794. The summed E-state index contributed by atoms with van der Waals surface area (Å²) in [6, 6.07) is 0. The molecule has 6 heteroatoms. The Morgan fingerprint density at radius 2 is 2.12 bits per heavy atom. The summed E-state index contributed by atoms with van der Waals surface area (Å²) >= 11 is 0. The summed E-state index contributed by atoms with van der Waals surface area (Å²) in [7, 11) is 0. The minimum atomic E-state index is -1.04. The summed E-state index contributed by atoms with van der Waals surface area (Å²) in [5, 5.41) is 15.0. The summed E-state index contributed by atoms with van der Waals surface area (Å²) in [6.07, 6.45) is 2.83. The summed E-state index contributed by atoms with van der Waals surface area (Å²) in [6.45, 7) is 5.03. The van der Waals surface area contributed by atoms with Gasteiger partial charge < -0.3 is 10.0 Å². The van der Waals surface area contributed by atoms with E-state index in [1.54, 1.807) is 20.8 Å². The van der Waals surface area contributed by atoms with E-state index in [1.807, 2.05) is 0 Å². The van der Waals surface area contributed by atoms with Gasteiger partial charge in [0.1, 0.15) is 6.54 Å². The Kier molecular flexibility index (Phi) is 3.31. The highest BCUT2D eigenvalue weighted by atomic mass is 16.4. The largest absolute Gasteiger partial charge is 0.480 e. The lowest BCUT2D eigenvalue weighted by Gasteiger charge is -2.34. The van der Waals surface area contributed by atoms with Gasteiger partial charge in [0, 0.05) is 11.7 Å². The number of aromatic amines is 1. The fourth-order valence-electron chi connectivity index (χ4n) is 1.27. The van der Waals surface area contributed by atoms with Gasteiger partial charge in [-0.25, -0.2) is 0 Å². The first kappa shape index (κ1) is 12.2. The van der Waals surface area contributed by atoms with Gasteiger partial charge >= 0.3 is 5.97 Å². The number of amides is 1. The highest BCUT2D eigenvalue weighted by Crippen LogP contribution is 2.16. The van der Waals surface area contributed by atoms with Crippen LogP contribution in [-0.4, -0.2) is 44.2 Å². The Bertz CT molecular complexity index is 379. The van der Waals surface area contributed by atoms with E-state index in [9.17, 15) is 9.59 Å². The standard InChI is InChI=1S/C10H15N3O3/c1-10(2,3)13(6-8(14)15)9(16)7-4-11-12-5-7/h4-5H,6H2,1-3H3,(H,11,12)(H,14,15). The first-order valence-electron chi connectivity index (χ1n) is 4.85. The van der Waals surface area contributed by atoms with E-state index in [-0.39, 0.29) is 12.5 Å². The lowest BCUT2D eigenvalue weighted by molar-refractivity contribution is -0.138. The van der Waals surface area contributed by atoms with Crippen molar-refractivity contribution in [3.8, 4) is 0 Å². The molecule has 0 saturated heterocycles. The van der Waals surface area contributed by atoms with Crippen LogP contribution in [0.25, 0.3) is 0 Å². The minimum Gasteiger partial charge on any atom is -0.480 e. The van der Waals surface area contributed by atoms with Gasteiger partial charge in [-0.1, -0.05) is 0 Å². The van der Waals surface area contributed by atoms with Crippen molar-refractivity contribution in [2.75, 3.05) is 6.54 Å². The highest BCUT2D eigenvalue weighted by molar-refractivity contribution is 5.95. The Balaban J connectivity index is 2.94. The molecule has 0 aliphatic heterocycles. The number of nitrogens with zero attached hydrogens (tertiary/aromatic N) is 2. The van der Waals surface area contributed by atoms with Gasteiger partial charge in [-0.2, -0.15) is 5.10 Å². The van der Waals surface area contributed by atoms with E-state index in [2.05, 4.69) is 10.2 Å². The maximum absolute atomic E-state index is 12.0. The number of hydrogen-bond acceptors (Lipinski definition) is 3. The topological polar surface area (TPSA) is 86.3 Å². The van der Waals surface area contributed by atoms with E-state index in [4.69, 9.17) is 5.11 Å². The number of rotatable bonds is 3. The summed E-state index contributed by atoms with van der Waals surface area (Å²) in [5.74, 6) is -1.38. The molecule has 1 aromatic rings. The molecule has 0 aromatic carbocycles. The summed E-state index contributed by atoms with van der Waals surface area (Å²) in [4.78, 5) is 24.0. The fraction of sp³-hybridized carbons (Fsp3) is 0.500. The summed E-state index contributed by atoms with van der Waals surface area (Å²) in [5.41, 5.74) is -0.191. The van der Waals surface area contributed by atoms with Gasteiger partial charge in [0.05, 0.1) is 11.8 Å². The third-order valence-electron chi connectivity index (χ3n) is 2.09. The van der Waals surface area contributed by atoms with Crippen LogP contribution in [0.15, 0.2) is 12.4 Å². The van der Waals surface area contributed by atoms with E-state index >= 15 is 0 Å². The number of carboxylic acids is 1. The highest BCUT2D eigenvalue weighted by Gasteiger charge is 2.29. The van der Waals surface area contributed by atoms with Crippen LogP contribution in [0.3, 0.4) is 0 Å². The van der Waals surface area contributed by atoms with Crippen LogP contribution in [-0.2, 0) is 4.79 Å². The molecular formula is C10H15N3O3. The molecule has 6 nitrogen and oxygen atoms in total. The number of aliphatic carboxylic acids is 1. The van der Waals surface area contributed by atoms with Gasteiger partial charge in [0.2, 0.25) is 0 Å². The third kappa shape index (κ3) is 2.82. The first-order chi connectivity index (χ1) is 7.32. The van der Waals surface area contributed by atoms with E-state index in [0.717, 1.165) is 0 Å². The molecule has 88 valence electrons. The van der Waals surface area contributed by atoms with Crippen molar-refractivity contribution in [1.29, 1.82) is 0 Å². The normalized spacial score (nSPS) is 11.2. The number of nitrogens with one attached hydrogen (secondary N) is 1. The van der Waals surface area contributed by atoms with Crippen molar-refractivity contribution in [1.82, 2.24) is 15.1 Å². The molecule has 16 heavy (non-hydrogen) atoms. The number of hydrogen-bond donors (Lipinski definition) is 2. The molecule has 0 radical (unpaired) electrons. The molecule has 0 spiro atoms. The summed E-state index contributed by atoms with van der Waals surface area (Å²) < 4.78 is 0. The molecule has 1 rings (SSSR count). The molecule has 2 N–H and O–H groups in total. The third-order valence-corrected chi connectivity index (χ3v) is 2.09. The second-order valence-corrected chi connectivity index (χ2v) is 4.44. The van der Waals surface area contributed by atoms with Gasteiger partial charge in [0.15, 0.2) is 0 Å². The number of aromatic nitrogens is 2. The van der Waals surface area contributed by atoms with Crippen molar-refractivity contribution >= 4 is 11.9 Å². The van der Waals surface area contributed by atoms with Crippen LogP contribution < -0.4 is 0 Å². The molecule has 0 saturated carbocycles. The van der Waals surface area contributed by atoms with E-state index < -0.39 is 11.5 Å². The Morgan fingerprint density at radius 3 is 2.50 bits per heavy atom. The Labute approximate surface area is 93.3 Å². The molecule has 1 aromatic heterocycles. The van der Waals surface area contributed by atoms with Crippen LogP contribution in [0, 0.1) is 0 Å². The minimum absolute atomic E-state index is 0.326. The first-order valence-corrected chi connectivity index (χ1v) is 4.85. The Hall–Kier alpha value is -1.85. The Morgan fingerprint density at radius 1 is 1.50 bits per heavy atom. The van der Waals surface area contributed by atoms with Crippen molar-refractivity contribution in [2.24, 2.45) is 0 Å². The molecule has 0 aliphatic carbocycles. The maximum atomic E-state index is 12.0. The number of H-pyrrole nitrogens is 1. The van der Waals surface area contributed by atoms with Crippen molar-refractivity contribution < 1.29 is 14.7 Å². The average molecular weight is 225 g/mol. The monoisotopic (exact) mass is 225 g/mol. The number of carbonyl (C=O) groups excluding carboxylic acids is 1. The molecule has 0 atom stereocenters. The van der Waals surface area contributed by atoms with Crippen LogP contribution >= 0.6 is 0 Å². The van der Waals surface area contributed by atoms with E-state index in [1.165, 1.54) is 17.3 Å². The SMILES string of the molecule is CC(C)(C)N(CC(=O)O)C(=O)c1cn[nH]c1. The van der Waals surface area contributed by atoms with Gasteiger partial charge in [-0.3, -0.25) is 14.7 Å². The maximum Gasteiger partial charge on any atom is 0.323 e. The molecule has 0 bridgehead atoms. The second kappa shape index (κ2) is 4.34. The second-order valence-electron chi connectivity index (χ2n) is 4.44. The lowest BCUT2D eigenvalue weighted by atomic mass is 10.0. The van der Waals surface area contributed by atoms with Crippen molar-refractivity contribution in [3.05, 3.63) is 18.0 Å². The van der Waals surface area contributed by atoms with Crippen LogP contribution in [0.4, 0.5) is 0 Å². The average Bonchev–Trinajstić information content (AvgIpc) is 2.63. The van der Waals surface area contributed by atoms with Crippen LogP contribution in [0.5, 0.6) is 0 Å². The fourth-order valence-corrected chi connectivity index (χ4v) is 1.27. The smallest absolute Gasteiger partial charge is 0.323 e. The van der Waals surface area contributed by atoms with Crippen molar-refractivity contribution in [3.63, 3.8) is 0 Å². The molecular weight excluding hydrogens is 210 g/mol. The van der Waals surface area contributed by atoms with Gasteiger partial charge in [0.25, 0.3) is 5.91 Å². The van der Waals surface area contributed by atoms with Gasteiger partial charge in [-0.15, -0.1) is 0 Å². The molecule has 1 heterocycles. The molecule has 0 unspecified atom stereocenters. The number of carbonyl (C=O) groups is 2.